The van der Waals surface area contributed by atoms with Gasteiger partial charge in [-0.1, -0.05) is 53.6 Å². The number of hydrogen-bond acceptors (Lipinski definition) is 4. The maximum atomic E-state index is 11.6. The third-order valence-electron chi connectivity index (χ3n) is 6.32. The normalized spacial score (nSPS) is 26.6. The molecule has 2 aliphatic carbocycles. The van der Waals surface area contributed by atoms with E-state index in [4.69, 9.17) is 4.74 Å². The highest BCUT2D eigenvalue weighted by molar-refractivity contribution is 5.76. The molecule has 1 aromatic carbocycles. The fourth-order valence-corrected chi connectivity index (χ4v) is 4.69. The zero-order valence-electron chi connectivity index (χ0n) is 18.3. The Morgan fingerprint density at radius 2 is 2.17 bits per heavy atom. The minimum atomic E-state index is -0.547. The molecule has 2 N–H and O–H groups in total. The molecular weight excluding hydrogens is 378 g/mol. The van der Waals surface area contributed by atoms with E-state index in [1.165, 1.54) is 16.0 Å². The van der Waals surface area contributed by atoms with Gasteiger partial charge in [-0.15, -0.1) is 0 Å². The molecule has 0 aliphatic heterocycles. The van der Waals surface area contributed by atoms with Crippen LogP contribution >= 0.6 is 0 Å². The third kappa shape index (κ3) is 6.03. The zero-order chi connectivity index (χ0) is 21.7. The molecule has 3 rings (SSSR count). The second kappa shape index (κ2) is 10.4. The first-order valence-corrected chi connectivity index (χ1v) is 10.9. The van der Waals surface area contributed by atoms with Crippen LogP contribution in [0, 0.1) is 24.7 Å². The number of carbonyl (C=O) groups is 1. The fourth-order valence-electron chi connectivity index (χ4n) is 4.69. The highest BCUT2D eigenvalue weighted by atomic mass is 16.5. The van der Waals surface area contributed by atoms with Crippen LogP contribution in [-0.4, -0.2) is 60.5 Å². The summed E-state index contributed by atoms with van der Waals surface area (Å²) in [6.07, 6.45) is 8.42. The molecule has 0 saturated heterocycles. The highest BCUT2D eigenvalue weighted by Gasteiger charge is 2.43. The molecule has 0 heterocycles. The van der Waals surface area contributed by atoms with Crippen molar-refractivity contribution in [3.8, 4) is 0 Å². The van der Waals surface area contributed by atoms with Crippen LogP contribution in [0.5, 0.6) is 0 Å². The number of aliphatic hydroxyl groups is 2. The summed E-state index contributed by atoms with van der Waals surface area (Å²) in [5.74, 6) is 0.833. The Morgan fingerprint density at radius 1 is 1.37 bits per heavy atom. The molecule has 0 aromatic heterocycles. The Hall–Kier alpha value is -1.95. The largest absolute Gasteiger partial charge is 0.392 e. The lowest BCUT2D eigenvalue weighted by Crippen LogP contribution is -2.26. The Kier molecular flexibility index (Phi) is 7.87. The van der Waals surface area contributed by atoms with E-state index in [1.54, 1.807) is 14.1 Å². The SMILES string of the molecule is Cc1cccc(C[C@@H](O)/C=C/[C@@H]2[C@H]3CC(CCOCC(=O)N(C)C)=C[C@H]3C[C@H]2O)c1. The van der Waals surface area contributed by atoms with Crippen LogP contribution in [0.4, 0.5) is 0 Å². The number of fused-ring (bicyclic) bond motifs is 1. The maximum Gasteiger partial charge on any atom is 0.248 e. The maximum absolute atomic E-state index is 11.6. The van der Waals surface area contributed by atoms with Crippen LogP contribution < -0.4 is 0 Å². The van der Waals surface area contributed by atoms with Crippen LogP contribution in [-0.2, 0) is 16.0 Å². The molecular formula is C25H35NO4. The molecule has 1 amide bonds. The van der Waals surface area contributed by atoms with Gasteiger partial charge in [0.15, 0.2) is 0 Å². The summed E-state index contributed by atoms with van der Waals surface area (Å²) < 4.78 is 5.50. The third-order valence-corrected chi connectivity index (χ3v) is 6.32. The van der Waals surface area contributed by atoms with E-state index in [-0.39, 0.29) is 24.5 Å². The van der Waals surface area contributed by atoms with E-state index in [0.29, 0.717) is 24.9 Å². The van der Waals surface area contributed by atoms with Gasteiger partial charge in [-0.3, -0.25) is 4.79 Å². The number of likely N-dealkylation sites (N-methyl/N-ethyl adjacent to an activating group) is 1. The second-order valence-corrected chi connectivity index (χ2v) is 8.97. The van der Waals surface area contributed by atoms with E-state index in [2.05, 4.69) is 25.1 Å². The smallest absolute Gasteiger partial charge is 0.248 e. The van der Waals surface area contributed by atoms with E-state index >= 15 is 0 Å². The fraction of sp³-hybridized carbons (Fsp3) is 0.560. The number of nitrogens with zero attached hydrogens (tertiary/aromatic N) is 1. The predicted octanol–water partition coefficient (Wildman–Crippen LogP) is 2.89. The van der Waals surface area contributed by atoms with Crippen molar-refractivity contribution in [3.63, 3.8) is 0 Å². The number of rotatable bonds is 9. The van der Waals surface area contributed by atoms with Gasteiger partial charge in [-0.05, 0) is 43.6 Å². The van der Waals surface area contributed by atoms with Crippen LogP contribution in [0.15, 0.2) is 48.1 Å². The van der Waals surface area contributed by atoms with Gasteiger partial charge in [-0.2, -0.15) is 0 Å². The molecule has 1 saturated carbocycles. The first-order valence-electron chi connectivity index (χ1n) is 10.9. The Balaban J connectivity index is 1.47. The first-order chi connectivity index (χ1) is 14.3. The topological polar surface area (TPSA) is 70.0 Å². The number of ether oxygens (including phenoxy) is 1. The van der Waals surface area contributed by atoms with Crippen molar-refractivity contribution >= 4 is 5.91 Å². The molecule has 1 aromatic rings. The van der Waals surface area contributed by atoms with Crippen molar-refractivity contribution in [2.45, 2.75) is 44.8 Å². The van der Waals surface area contributed by atoms with Crippen molar-refractivity contribution in [1.29, 1.82) is 0 Å². The number of aryl methyl sites for hydroxylation is 1. The summed E-state index contributed by atoms with van der Waals surface area (Å²) in [6, 6.07) is 8.19. The van der Waals surface area contributed by atoms with Crippen molar-refractivity contribution in [3.05, 3.63) is 59.2 Å². The van der Waals surface area contributed by atoms with Gasteiger partial charge in [0.25, 0.3) is 0 Å². The lowest BCUT2D eigenvalue weighted by atomic mass is 9.88. The average Bonchev–Trinajstić information content (AvgIpc) is 3.19. The Labute approximate surface area is 180 Å². The summed E-state index contributed by atoms with van der Waals surface area (Å²) in [5.41, 5.74) is 3.67. The molecule has 164 valence electrons. The van der Waals surface area contributed by atoms with E-state index in [0.717, 1.165) is 24.8 Å². The monoisotopic (exact) mass is 413 g/mol. The van der Waals surface area contributed by atoms with E-state index < -0.39 is 6.10 Å². The molecule has 0 unspecified atom stereocenters. The second-order valence-electron chi connectivity index (χ2n) is 8.97. The zero-order valence-corrected chi connectivity index (χ0v) is 18.3. The standard InChI is InChI=1S/C25H35NO4/c1-17-5-4-6-18(11-17)13-21(27)7-8-22-23-14-19(12-20(23)15-24(22)28)9-10-30-16-25(29)26(2)3/h4-8,11-12,20-24,27-28H,9-10,13-16H2,1-3H3/b8-7+/t20-,21-,22+,23-,24+/m0/s1. The van der Waals surface area contributed by atoms with Gasteiger partial charge in [0.05, 0.1) is 18.8 Å². The van der Waals surface area contributed by atoms with Gasteiger partial charge in [0.2, 0.25) is 5.91 Å². The minimum Gasteiger partial charge on any atom is -0.392 e. The summed E-state index contributed by atoms with van der Waals surface area (Å²) in [6.45, 7) is 2.72. The van der Waals surface area contributed by atoms with Crippen LogP contribution in [0.1, 0.15) is 30.4 Å². The van der Waals surface area contributed by atoms with Crippen molar-refractivity contribution in [2.75, 3.05) is 27.3 Å². The van der Waals surface area contributed by atoms with E-state index in [1.807, 2.05) is 24.3 Å². The van der Waals surface area contributed by atoms with Gasteiger partial charge in [0, 0.05) is 26.4 Å². The van der Waals surface area contributed by atoms with E-state index in [9.17, 15) is 15.0 Å². The first kappa shape index (κ1) is 22.7. The van der Waals surface area contributed by atoms with Crippen molar-refractivity contribution < 1.29 is 19.7 Å². The molecule has 5 heteroatoms. The summed E-state index contributed by atoms with van der Waals surface area (Å²) in [4.78, 5) is 13.1. The Morgan fingerprint density at radius 3 is 2.90 bits per heavy atom. The molecule has 0 radical (unpaired) electrons. The number of allylic oxidation sites excluding steroid dienone is 1. The average molecular weight is 414 g/mol. The van der Waals surface area contributed by atoms with Crippen LogP contribution in [0.25, 0.3) is 0 Å². The lowest BCUT2D eigenvalue weighted by Gasteiger charge is -2.19. The quantitative estimate of drug-likeness (QED) is 0.482. The van der Waals surface area contributed by atoms with Gasteiger partial charge in [0.1, 0.15) is 6.61 Å². The molecule has 5 atom stereocenters. The van der Waals surface area contributed by atoms with Gasteiger partial charge in [-0.25, -0.2) is 0 Å². The predicted molar refractivity (Wildman–Crippen MR) is 118 cm³/mol. The minimum absolute atomic E-state index is 0.0233. The molecule has 2 aliphatic rings. The lowest BCUT2D eigenvalue weighted by molar-refractivity contribution is -0.133. The molecule has 5 nitrogen and oxygen atoms in total. The summed E-state index contributed by atoms with van der Waals surface area (Å²) in [7, 11) is 3.45. The molecule has 0 bridgehead atoms. The molecule has 0 spiro atoms. The Bertz CT molecular complexity index is 785. The molecule has 30 heavy (non-hydrogen) atoms. The number of aliphatic hydroxyl groups excluding tert-OH is 2. The number of carbonyl (C=O) groups excluding carboxylic acids is 1. The van der Waals surface area contributed by atoms with Gasteiger partial charge < -0.3 is 19.8 Å². The highest BCUT2D eigenvalue weighted by Crippen LogP contribution is 2.47. The number of amides is 1. The summed E-state index contributed by atoms with van der Waals surface area (Å²) in [5, 5.41) is 20.9. The number of benzene rings is 1. The van der Waals surface area contributed by atoms with Crippen LogP contribution in [0.2, 0.25) is 0 Å². The molecule has 1 fully saturated rings. The van der Waals surface area contributed by atoms with Crippen molar-refractivity contribution in [1.82, 2.24) is 4.90 Å². The van der Waals surface area contributed by atoms with Crippen molar-refractivity contribution in [2.24, 2.45) is 17.8 Å². The van der Waals surface area contributed by atoms with Gasteiger partial charge >= 0.3 is 0 Å². The van der Waals surface area contributed by atoms with Crippen LogP contribution in [0.3, 0.4) is 0 Å². The number of hydrogen-bond donors (Lipinski definition) is 2. The summed E-state index contributed by atoms with van der Waals surface area (Å²) >= 11 is 0.